The molecule has 0 bridgehead atoms. The summed E-state index contributed by atoms with van der Waals surface area (Å²) in [7, 11) is -3.50. The molecule has 1 atom stereocenters. The molecule has 1 amide bonds. The number of rotatable bonds is 5. The Kier molecular flexibility index (Phi) is 5.78. The third-order valence-electron chi connectivity index (χ3n) is 5.83. The lowest BCUT2D eigenvalue weighted by molar-refractivity contribution is -0.137. The second-order valence-corrected chi connectivity index (χ2v) is 10.2. The van der Waals surface area contributed by atoms with E-state index in [9.17, 15) is 26.4 Å². The van der Waals surface area contributed by atoms with Crippen LogP contribution >= 0.6 is 0 Å². The summed E-state index contributed by atoms with van der Waals surface area (Å²) in [6.07, 6.45) is -0.358. The van der Waals surface area contributed by atoms with Crippen LogP contribution in [0.2, 0.25) is 0 Å². The van der Waals surface area contributed by atoms with Gasteiger partial charge in [-0.25, -0.2) is 8.42 Å². The van der Waals surface area contributed by atoms with E-state index in [-0.39, 0.29) is 6.04 Å². The summed E-state index contributed by atoms with van der Waals surface area (Å²) >= 11 is 0. The molecule has 0 aromatic heterocycles. The molecule has 9 heteroatoms. The summed E-state index contributed by atoms with van der Waals surface area (Å²) in [4.78, 5) is 14.8. The van der Waals surface area contributed by atoms with Crippen LogP contribution in [0.5, 0.6) is 0 Å². The van der Waals surface area contributed by atoms with Crippen molar-refractivity contribution in [2.24, 2.45) is 0 Å². The average Bonchev–Trinajstić information content (AvgIpc) is 3.24. The fourth-order valence-electron chi connectivity index (χ4n) is 4.18. The van der Waals surface area contributed by atoms with Crippen LogP contribution in [0.15, 0.2) is 24.3 Å². The fourth-order valence-corrected chi connectivity index (χ4v) is 5.61. The number of halogens is 3. The van der Waals surface area contributed by atoms with Crippen LogP contribution in [-0.4, -0.2) is 49.4 Å². The van der Waals surface area contributed by atoms with Gasteiger partial charge < -0.3 is 5.32 Å². The van der Waals surface area contributed by atoms with Gasteiger partial charge in [0, 0.05) is 31.9 Å². The van der Waals surface area contributed by atoms with Gasteiger partial charge in [-0.1, -0.05) is 25.0 Å². The maximum absolute atomic E-state index is 12.8. The first kappa shape index (κ1) is 21.1. The Morgan fingerprint density at radius 1 is 1.21 bits per heavy atom. The van der Waals surface area contributed by atoms with Crippen molar-refractivity contribution in [3.05, 3.63) is 35.4 Å². The first-order chi connectivity index (χ1) is 13.0. The van der Waals surface area contributed by atoms with Crippen molar-refractivity contribution in [2.75, 3.05) is 19.3 Å². The number of amides is 1. The summed E-state index contributed by atoms with van der Waals surface area (Å²) in [5.41, 5.74) is 0.0915. The topological polar surface area (TPSA) is 66.5 Å². The number of carbonyl (C=O) groups is 1. The van der Waals surface area contributed by atoms with Crippen molar-refractivity contribution in [1.82, 2.24) is 10.2 Å². The monoisotopic (exact) mass is 418 g/mol. The van der Waals surface area contributed by atoms with E-state index in [0.29, 0.717) is 38.9 Å². The van der Waals surface area contributed by atoms with E-state index in [1.54, 1.807) is 0 Å². The predicted molar refractivity (Wildman–Crippen MR) is 99.3 cm³/mol. The predicted octanol–water partition coefficient (Wildman–Crippen LogP) is 2.75. The molecule has 1 aromatic carbocycles. The van der Waals surface area contributed by atoms with Gasteiger partial charge in [-0.15, -0.1) is 0 Å². The maximum atomic E-state index is 12.8. The molecule has 0 spiro atoms. The van der Waals surface area contributed by atoms with E-state index >= 15 is 0 Å². The van der Waals surface area contributed by atoms with Crippen LogP contribution in [0.4, 0.5) is 13.2 Å². The van der Waals surface area contributed by atoms with E-state index in [1.807, 2.05) is 0 Å². The van der Waals surface area contributed by atoms with Crippen molar-refractivity contribution in [3.8, 4) is 0 Å². The molecule has 5 nitrogen and oxygen atoms in total. The largest absolute Gasteiger partial charge is 0.416 e. The smallest absolute Gasteiger partial charge is 0.351 e. The number of carbonyl (C=O) groups excluding carboxylic acids is 1. The van der Waals surface area contributed by atoms with Gasteiger partial charge in [0.05, 0.1) is 5.56 Å². The zero-order valence-corrected chi connectivity index (χ0v) is 16.6. The van der Waals surface area contributed by atoms with Gasteiger partial charge in [0.15, 0.2) is 9.84 Å². The average molecular weight is 418 g/mol. The van der Waals surface area contributed by atoms with Crippen molar-refractivity contribution in [3.63, 3.8) is 0 Å². The quantitative estimate of drug-likeness (QED) is 0.799. The number of hydrogen-bond donors (Lipinski definition) is 1. The number of nitrogens with zero attached hydrogens (tertiary/aromatic N) is 1. The van der Waals surface area contributed by atoms with Crippen molar-refractivity contribution >= 4 is 15.7 Å². The van der Waals surface area contributed by atoms with Crippen molar-refractivity contribution in [1.29, 1.82) is 0 Å². The first-order valence-electron chi connectivity index (χ1n) is 9.40. The zero-order valence-electron chi connectivity index (χ0n) is 15.8. The number of hydrogen-bond acceptors (Lipinski definition) is 4. The van der Waals surface area contributed by atoms with E-state index in [1.165, 1.54) is 12.1 Å². The minimum Gasteiger partial charge on any atom is -0.351 e. The van der Waals surface area contributed by atoms with Crippen molar-refractivity contribution in [2.45, 2.75) is 55.6 Å². The number of alkyl halides is 3. The van der Waals surface area contributed by atoms with Crippen molar-refractivity contribution < 1.29 is 26.4 Å². The molecule has 2 fully saturated rings. The molecular weight excluding hydrogens is 393 g/mol. The molecule has 1 aliphatic carbocycles. The zero-order chi connectivity index (χ0) is 20.6. The fraction of sp³-hybridized carbons (Fsp3) is 0.632. The molecular formula is C19H25F3N2O3S. The lowest BCUT2D eigenvalue weighted by Gasteiger charge is -2.27. The Hall–Kier alpha value is -1.61. The highest BCUT2D eigenvalue weighted by Crippen LogP contribution is 2.37. The van der Waals surface area contributed by atoms with E-state index in [4.69, 9.17) is 0 Å². The molecule has 1 saturated carbocycles. The van der Waals surface area contributed by atoms with E-state index < -0.39 is 32.2 Å². The molecule has 28 heavy (non-hydrogen) atoms. The third-order valence-corrected chi connectivity index (χ3v) is 7.84. The van der Waals surface area contributed by atoms with Crippen LogP contribution in [-0.2, 0) is 27.4 Å². The Labute approximate surface area is 163 Å². The second-order valence-electron chi connectivity index (χ2n) is 7.86. The summed E-state index contributed by atoms with van der Waals surface area (Å²) < 4.78 is 61.1. The van der Waals surface area contributed by atoms with Crippen LogP contribution in [0, 0.1) is 0 Å². The standard InChI is InChI=1S/C19H25F3N2O3S/c1-28(26,27)18(9-2-3-10-18)17(25)23-16-8-11-24(13-16)12-14-4-6-15(7-5-14)19(20,21)22/h4-7,16H,2-3,8-13H2,1H3,(H,23,25). The van der Waals surface area contributed by atoms with Gasteiger partial charge in [0.1, 0.15) is 4.75 Å². The van der Waals surface area contributed by atoms with Gasteiger partial charge in [-0.05, 0) is 37.0 Å². The number of likely N-dealkylation sites (tertiary alicyclic amines) is 1. The molecule has 1 N–H and O–H groups in total. The summed E-state index contributed by atoms with van der Waals surface area (Å²) in [6, 6.07) is 4.92. The number of benzene rings is 1. The SMILES string of the molecule is CS(=O)(=O)C1(C(=O)NC2CCN(Cc3ccc(C(F)(F)F)cc3)C2)CCCC1. The molecule has 1 saturated heterocycles. The van der Waals surface area contributed by atoms with Gasteiger partial charge in [-0.2, -0.15) is 13.2 Å². The Balaban J connectivity index is 1.57. The molecule has 2 aliphatic rings. The highest BCUT2D eigenvalue weighted by Gasteiger charge is 2.50. The normalized spacial score (nSPS) is 23.1. The summed E-state index contributed by atoms with van der Waals surface area (Å²) in [5, 5.41) is 2.90. The Bertz CT molecular complexity index is 816. The molecule has 0 radical (unpaired) electrons. The van der Waals surface area contributed by atoms with E-state index in [2.05, 4.69) is 10.2 Å². The number of sulfone groups is 1. The Morgan fingerprint density at radius 3 is 2.36 bits per heavy atom. The molecule has 1 heterocycles. The van der Waals surface area contributed by atoms with E-state index in [0.717, 1.165) is 36.8 Å². The third kappa shape index (κ3) is 4.35. The van der Waals surface area contributed by atoms with Crippen LogP contribution in [0.25, 0.3) is 0 Å². The van der Waals surface area contributed by atoms with Gasteiger partial charge in [0.2, 0.25) is 5.91 Å². The van der Waals surface area contributed by atoms with Crippen LogP contribution < -0.4 is 5.32 Å². The maximum Gasteiger partial charge on any atom is 0.416 e. The Morgan fingerprint density at radius 2 is 1.82 bits per heavy atom. The molecule has 1 aliphatic heterocycles. The summed E-state index contributed by atoms with van der Waals surface area (Å²) in [6.45, 7) is 1.73. The highest BCUT2D eigenvalue weighted by atomic mass is 32.2. The number of nitrogens with one attached hydrogen (secondary N) is 1. The van der Waals surface area contributed by atoms with Crippen LogP contribution in [0.3, 0.4) is 0 Å². The lowest BCUT2D eigenvalue weighted by Crippen LogP contribution is -2.53. The van der Waals surface area contributed by atoms with Crippen LogP contribution in [0.1, 0.15) is 43.2 Å². The van der Waals surface area contributed by atoms with Gasteiger partial charge in [0.25, 0.3) is 0 Å². The summed E-state index contributed by atoms with van der Waals surface area (Å²) in [5.74, 6) is -0.408. The lowest BCUT2D eigenvalue weighted by atomic mass is 10.1. The molecule has 1 unspecified atom stereocenters. The van der Waals surface area contributed by atoms with Gasteiger partial charge >= 0.3 is 6.18 Å². The first-order valence-corrected chi connectivity index (χ1v) is 11.3. The molecule has 3 rings (SSSR count). The minimum absolute atomic E-state index is 0.152. The molecule has 1 aromatic rings. The second kappa shape index (κ2) is 7.67. The van der Waals surface area contributed by atoms with Gasteiger partial charge in [-0.3, -0.25) is 9.69 Å². The minimum atomic E-state index is -4.35. The molecule has 156 valence electrons. The highest BCUT2D eigenvalue weighted by molar-refractivity contribution is 7.92.